The molecule has 2 rings (SSSR count). The lowest BCUT2D eigenvalue weighted by Gasteiger charge is -2.10. The lowest BCUT2D eigenvalue weighted by molar-refractivity contribution is 0.409. The van der Waals surface area contributed by atoms with Crippen molar-refractivity contribution in [2.45, 2.75) is 17.2 Å². The van der Waals surface area contributed by atoms with Gasteiger partial charge in [-0.1, -0.05) is 41.4 Å². The fourth-order valence-corrected chi connectivity index (χ4v) is 4.08. The number of benzene rings is 2. The molecule has 2 N–H and O–H groups in total. The average Bonchev–Trinajstić information content (AvgIpc) is 2.46. The highest BCUT2D eigenvalue weighted by Gasteiger charge is 2.14. The van der Waals surface area contributed by atoms with E-state index in [9.17, 15) is 4.21 Å². The molecule has 3 nitrogen and oxygen atoms in total. The molecule has 0 aliphatic heterocycles. The molecule has 21 heavy (non-hydrogen) atoms. The number of rotatable bonds is 5. The van der Waals surface area contributed by atoms with E-state index in [-0.39, 0.29) is 0 Å². The Morgan fingerprint density at radius 3 is 2.43 bits per heavy atom. The highest BCUT2D eigenvalue weighted by molar-refractivity contribution is 7.84. The van der Waals surface area contributed by atoms with Crippen LogP contribution in [0.15, 0.2) is 41.3 Å². The minimum atomic E-state index is -1.33. The number of halogens is 2. The third-order valence-electron chi connectivity index (χ3n) is 3.02. The summed E-state index contributed by atoms with van der Waals surface area (Å²) in [5.41, 5.74) is 7.41. The molecule has 0 spiro atoms. The Morgan fingerprint density at radius 2 is 1.86 bits per heavy atom. The van der Waals surface area contributed by atoms with Crippen LogP contribution in [0, 0.1) is 0 Å². The zero-order valence-electron chi connectivity index (χ0n) is 11.4. The molecule has 0 fully saturated rings. The molecule has 0 aliphatic carbocycles. The summed E-state index contributed by atoms with van der Waals surface area (Å²) in [6.07, 6.45) is 0. The standard InChI is InChI=1S/C15H15Cl2NO2S/c1-20-14-7-10(5-6-11(14)8-18)9-21(19)15-12(16)3-2-4-13(15)17/h2-7H,8-9,18H2,1H3. The van der Waals surface area contributed by atoms with Gasteiger partial charge >= 0.3 is 0 Å². The van der Waals surface area contributed by atoms with Crippen LogP contribution in [0.5, 0.6) is 5.75 Å². The first-order valence-electron chi connectivity index (χ1n) is 6.25. The van der Waals surface area contributed by atoms with Crippen molar-refractivity contribution in [3.05, 3.63) is 57.6 Å². The summed E-state index contributed by atoms with van der Waals surface area (Å²) in [4.78, 5) is 0.461. The van der Waals surface area contributed by atoms with E-state index in [4.69, 9.17) is 33.7 Å². The van der Waals surface area contributed by atoms with Gasteiger partial charge in [-0.3, -0.25) is 4.21 Å². The number of hydrogen-bond donors (Lipinski definition) is 1. The molecule has 6 heteroatoms. The normalized spacial score (nSPS) is 12.2. The van der Waals surface area contributed by atoms with Crippen LogP contribution >= 0.6 is 23.2 Å². The van der Waals surface area contributed by atoms with E-state index >= 15 is 0 Å². The van der Waals surface area contributed by atoms with Gasteiger partial charge in [-0.05, 0) is 23.8 Å². The topological polar surface area (TPSA) is 52.3 Å². The Hall–Kier alpha value is -1.07. The molecule has 0 saturated heterocycles. The molecular weight excluding hydrogens is 329 g/mol. The van der Waals surface area contributed by atoms with Gasteiger partial charge in [0.05, 0.1) is 38.6 Å². The van der Waals surface area contributed by atoms with Crippen molar-refractivity contribution in [3.8, 4) is 5.75 Å². The summed E-state index contributed by atoms with van der Waals surface area (Å²) in [6.45, 7) is 0.392. The van der Waals surface area contributed by atoms with Gasteiger partial charge in [0, 0.05) is 12.1 Å². The summed E-state index contributed by atoms with van der Waals surface area (Å²) >= 11 is 12.2. The molecule has 0 heterocycles. The molecule has 0 bridgehead atoms. The van der Waals surface area contributed by atoms with Crippen molar-refractivity contribution < 1.29 is 8.95 Å². The second kappa shape index (κ2) is 7.27. The van der Waals surface area contributed by atoms with E-state index < -0.39 is 10.8 Å². The molecule has 0 aromatic heterocycles. The van der Waals surface area contributed by atoms with E-state index in [0.29, 0.717) is 33.0 Å². The van der Waals surface area contributed by atoms with Crippen molar-refractivity contribution in [3.63, 3.8) is 0 Å². The van der Waals surface area contributed by atoms with Gasteiger partial charge in [-0.2, -0.15) is 0 Å². The van der Waals surface area contributed by atoms with Crippen LogP contribution < -0.4 is 10.5 Å². The Labute approximate surface area is 136 Å². The highest BCUT2D eigenvalue weighted by Crippen LogP contribution is 2.30. The van der Waals surface area contributed by atoms with E-state index in [0.717, 1.165) is 11.1 Å². The maximum Gasteiger partial charge on any atom is 0.123 e. The lowest BCUT2D eigenvalue weighted by Crippen LogP contribution is -2.02. The van der Waals surface area contributed by atoms with Crippen LogP contribution in [-0.4, -0.2) is 11.3 Å². The van der Waals surface area contributed by atoms with Gasteiger partial charge in [0.1, 0.15) is 5.75 Å². The van der Waals surface area contributed by atoms with Crippen LogP contribution in [-0.2, 0) is 23.1 Å². The number of ether oxygens (including phenoxy) is 1. The predicted molar refractivity (Wildman–Crippen MR) is 87.5 cm³/mol. The van der Waals surface area contributed by atoms with E-state index in [1.165, 1.54) is 0 Å². The first-order valence-corrected chi connectivity index (χ1v) is 8.32. The van der Waals surface area contributed by atoms with Gasteiger partial charge in [0.25, 0.3) is 0 Å². The van der Waals surface area contributed by atoms with Crippen molar-refractivity contribution in [2.75, 3.05) is 7.11 Å². The van der Waals surface area contributed by atoms with Crippen LogP contribution in [0.1, 0.15) is 11.1 Å². The van der Waals surface area contributed by atoms with E-state index in [1.807, 2.05) is 18.2 Å². The van der Waals surface area contributed by atoms with Gasteiger partial charge in [-0.25, -0.2) is 0 Å². The monoisotopic (exact) mass is 343 g/mol. The van der Waals surface area contributed by atoms with Gasteiger partial charge in [-0.15, -0.1) is 0 Å². The second-order valence-electron chi connectivity index (χ2n) is 4.39. The first-order chi connectivity index (χ1) is 10.1. The molecule has 0 radical (unpaired) electrons. The minimum absolute atomic E-state index is 0.310. The highest BCUT2D eigenvalue weighted by atomic mass is 35.5. The predicted octanol–water partition coefficient (Wildman–Crippen LogP) is 3.77. The second-order valence-corrected chi connectivity index (χ2v) is 6.59. The number of nitrogens with two attached hydrogens (primary N) is 1. The Balaban J connectivity index is 2.28. The smallest absolute Gasteiger partial charge is 0.123 e. The van der Waals surface area contributed by atoms with Crippen molar-refractivity contribution in [1.82, 2.24) is 0 Å². The van der Waals surface area contributed by atoms with Crippen molar-refractivity contribution in [2.24, 2.45) is 5.73 Å². The number of methoxy groups -OCH3 is 1. The van der Waals surface area contributed by atoms with Crippen molar-refractivity contribution in [1.29, 1.82) is 0 Å². The largest absolute Gasteiger partial charge is 0.496 e. The Bertz CT molecular complexity index is 656. The van der Waals surface area contributed by atoms with Crippen molar-refractivity contribution >= 4 is 34.0 Å². The number of hydrogen-bond acceptors (Lipinski definition) is 3. The van der Waals surface area contributed by atoms with Gasteiger partial charge < -0.3 is 10.5 Å². The summed E-state index contributed by atoms with van der Waals surface area (Å²) in [7, 11) is 0.256. The molecule has 2 aromatic rings. The molecule has 0 amide bonds. The van der Waals surface area contributed by atoms with E-state index in [2.05, 4.69) is 0 Å². The quantitative estimate of drug-likeness (QED) is 0.898. The average molecular weight is 344 g/mol. The third kappa shape index (κ3) is 3.77. The summed E-state index contributed by atoms with van der Waals surface area (Å²) in [6, 6.07) is 10.7. The molecule has 0 aliphatic rings. The summed E-state index contributed by atoms with van der Waals surface area (Å²) in [5.74, 6) is 1.00. The Kier molecular flexibility index (Phi) is 5.65. The molecule has 1 unspecified atom stereocenters. The summed E-state index contributed by atoms with van der Waals surface area (Å²) in [5, 5.41) is 0.817. The van der Waals surface area contributed by atoms with Crippen LogP contribution in [0.4, 0.5) is 0 Å². The zero-order chi connectivity index (χ0) is 15.4. The molecule has 2 aromatic carbocycles. The molecule has 112 valence electrons. The maximum absolute atomic E-state index is 12.5. The first kappa shape index (κ1) is 16.3. The summed E-state index contributed by atoms with van der Waals surface area (Å²) < 4.78 is 17.8. The maximum atomic E-state index is 12.5. The fraction of sp³-hybridized carbons (Fsp3) is 0.200. The SMILES string of the molecule is COc1cc(CS(=O)c2c(Cl)cccc2Cl)ccc1CN. The zero-order valence-corrected chi connectivity index (χ0v) is 13.8. The van der Waals surface area contributed by atoms with Gasteiger partial charge in [0.2, 0.25) is 0 Å². The molecular formula is C15H15Cl2NO2S. The van der Waals surface area contributed by atoms with Gasteiger partial charge in [0.15, 0.2) is 0 Å². The van der Waals surface area contributed by atoms with E-state index in [1.54, 1.807) is 25.3 Å². The Morgan fingerprint density at radius 1 is 1.19 bits per heavy atom. The molecule has 0 saturated carbocycles. The van der Waals surface area contributed by atoms with Crippen LogP contribution in [0.3, 0.4) is 0 Å². The van der Waals surface area contributed by atoms with Crippen LogP contribution in [0.25, 0.3) is 0 Å². The molecule has 1 atom stereocenters. The van der Waals surface area contributed by atoms with Crippen LogP contribution in [0.2, 0.25) is 10.0 Å². The fourth-order valence-electron chi connectivity index (χ4n) is 1.97. The third-order valence-corrected chi connectivity index (χ3v) is 5.36. The lowest BCUT2D eigenvalue weighted by atomic mass is 10.1. The minimum Gasteiger partial charge on any atom is -0.496 e.